The van der Waals surface area contributed by atoms with Gasteiger partial charge >= 0.3 is 11.8 Å². The first-order valence-electron chi connectivity index (χ1n) is 8.13. The zero-order valence-corrected chi connectivity index (χ0v) is 14.9. The number of hydrogen-bond donors (Lipinski definition) is 1. The van der Waals surface area contributed by atoms with Crippen LogP contribution in [0.1, 0.15) is 33.6 Å². The van der Waals surface area contributed by atoms with Crippen molar-refractivity contribution in [1.82, 2.24) is 9.88 Å². The lowest BCUT2D eigenvalue weighted by Crippen LogP contribution is -2.44. The van der Waals surface area contributed by atoms with Gasteiger partial charge in [0.1, 0.15) is 5.60 Å². The Bertz CT molecular complexity index is 636. The molecule has 0 saturated carbocycles. The van der Waals surface area contributed by atoms with Crippen molar-refractivity contribution in [2.45, 2.75) is 45.3 Å². The highest BCUT2D eigenvalue weighted by Crippen LogP contribution is 2.27. The predicted molar refractivity (Wildman–Crippen MR) is 91.9 cm³/mol. The highest BCUT2D eigenvalue weighted by Gasteiger charge is 2.28. The third kappa shape index (κ3) is 5.20. The Kier molecular flexibility index (Phi) is 5.66. The first-order chi connectivity index (χ1) is 11.7. The Morgan fingerprint density at radius 3 is 2.52 bits per heavy atom. The van der Waals surface area contributed by atoms with Gasteiger partial charge in [-0.1, -0.05) is 0 Å². The minimum absolute atomic E-state index is 0.0167. The number of likely N-dealkylation sites (tertiary alicyclic amines) is 1. The van der Waals surface area contributed by atoms with Gasteiger partial charge in [-0.25, -0.2) is 4.79 Å². The van der Waals surface area contributed by atoms with Crippen LogP contribution in [0.4, 0.5) is 16.3 Å². The Morgan fingerprint density at radius 2 is 2.00 bits per heavy atom. The van der Waals surface area contributed by atoms with Crippen molar-refractivity contribution in [2.75, 3.05) is 25.5 Å². The van der Waals surface area contributed by atoms with Gasteiger partial charge in [0.25, 0.3) is 0 Å². The third-order valence-electron chi connectivity index (χ3n) is 3.74. The normalized spacial score (nSPS) is 15.6. The molecule has 0 bridgehead atoms. The molecule has 1 aliphatic rings. The molecular formula is C16H24N4O5. The van der Waals surface area contributed by atoms with E-state index in [1.54, 1.807) is 4.90 Å². The standard InChI is InChI=1S/C16H24N4O5/c1-16(2,3)25-15(21)19-9-7-11(8-10-19)17-14-12(20(22)23)5-6-13(18-14)24-4/h5-6,11H,7-10H2,1-4H3,(H,17,18). The summed E-state index contributed by atoms with van der Waals surface area (Å²) in [6, 6.07) is 2.80. The van der Waals surface area contributed by atoms with E-state index in [4.69, 9.17) is 9.47 Å². The maximum Gasteiger partial charge on any atom is 0.410 e. The van der Waals surface area contributed by atoms with Gasteiger partial charge in [-0.05, 0) is 33.6 Å². The molecule has 25 heavy (non-hydrogen) atoms. The highest BCUT2D eigenvalue weighted by atomic mass is 16.6. The fourth-order valence-corrected chi connectivity index (χ4v) is 2.53. The fourth-order valence-electron chi connectivity index (χ4n) is 2.53. The lowest BCUT2D eigenvalue weighted by Gasteiger charge is -2.33. The number of pyridine rings is 1. The van der Waals surface area contributed by atoms with Crippen molar-refractivity contribution >= 4 is 17.6 Å². The number of nitrogens with zero attached hydrogens (tertiary/aromatic N) is 3. The van der Waals surface area contributed by atoms with Gasteiger partial charge in [-0.3, -0.25) is 10.1 Å². The van der Waals surface area contributed by atoms with Crippen LogP contribution in [0.2, 0.25) is 0 Å². The number of nitro groups is 1. The molecule has 9 nitrogen and oxygen atoms in total. The van der Waals surface area contributed by atoms with Crippen molar-refractivity contribution in [3.05, 3.63) is 22.2 Å². The molecule has 0 unspecified atom stereocenters. The minimum atomic E-state index is -0.530. The van der Waals surface area contributed by atoms with Crippen LogP contribution in [0.15, 0.2) is 12.1 Å². The van der Waals surface area contributed by atoms with Gasteiger partial charge in [0, 0.05) is 31.3 Å². The summed E-state index contributed by atoms with van der Waals surface area (Å²) in [4.78, 5) is 28.5. The highest BCUT2D eigenvalue weighted by molar-refractivity contribution is 5.68. The molecular weight excluding hydrogens is 328 g/mol. The van der Waals surface area contributed by atoms with E-state index in [1.807, 2.05) is 20.8 Å². The van der Waals surface area contributed by atoms with Crippen LogP contribution in [0.5, 0.6) is 5.88 Å². The molecule has 9 heteroatoms. The van der Waals surface area contributed by atoms with Crippen LogP contribution in [0.3, 0.4) is 0 Å². The van der Waals surface area contributed by atoms with Crippen molar-refractivity contribution in [2.24, 2.45) is 0 Å². The summed E-state index contributed by atoms with van der Waals surface area (Å²) < 4.78 is 10.4. The number of aromatic nitrogens is 1. The Hall–Kier alpha value is -2.58. The molecule has 1 aliphatic heterocycles. The average molecular weight is 352 g/mol. The number of nitrogens with one attached hydrogen (secondary N) is 1. The van der Waals surface area contributed by atoms with Crippen molar-refractivity contribution in [3.63, 3.8) is 0 Å². The van der Waals surface area contributed by atoms with Crippen molar-refractivity contribution in [1.29, 1.82) is 0 Å². The number of hydrogen-bond acceptors (Lipinski definition) is 7. The summed E-state index contributed by atoms with van der Waals surface area (Å²) in [5.41, 5.74) is -0.632. The van der Waals surface area contributed by atoms with E-state index in [9.17, 15) is 14.9 Å². The summed E-state index contributed by atoms with van der Waals surface area (Å²) in [6.45, 7) is 6.51. The van der Waals surface area contributed by atoms with Crippen LogP contribution in [-0.2, 0) is 4.74 Å². The summed E-state index contributed by atoms with van der Waals surface area (Å²) in [6.07, 6.45) is 0.960. The first kappa shape index (κ1) is 18.8. The molecule has 1 fully saturated rings. The molecule has 1 aromatic rings. The lowest BCUT2D eigenvalue weighted by molar-refractivity contribution is -0.384. The number of amides is 1. The van der Waals surface area contributed by atoms with E-state index in [1.165, 1.54) is 19.2 Å². The predicted octanol–water partition coefficient (Wildman–Crippen LogP) is 2.81. The number of carbonyl (C=O) groups is 1. The maximum absolute atomic E-state index is 12.1. The van der Waals surface area contributed by atoms with Gasteiger partial charge in [0.15, 0.2) is 0 Å². The second-order valence-corrected chi connectivity index (χ2v) is 6.86. The molecule has 0 aliphatic carbocycles. The van der Waals surface area contributed by atoms with E-state index in [0.717, 1.165) is 0 Å². The smallest absolute Gasteiger partial charge is 0.410 e. The zero-order valence-electron chi connectivity index (χ0n) is 14.9. The van der Waals surface area contributed by atoms with Crippen molar-refractivity contribution in [3.8, 4) is 5.88 Å². The topological polar surface area (TPSA) is 107 Å². The van der Waals surface area contributed by atoms with Crippen molar-refractivity contribution < 1.29 is 19.2 Å². The number of rotatable bonds is 4. The molecule has 138 valence electrons. The van der Waals surface area contributed by atoms with Gasteiger partial charge in [-0.2, -0.15) is 4.98 Å². The molecule has 0 radical (unpaired) electrons. The molecule has 0 aromatic carbocycles. The Morgan fingerprint density at radius 1 is 1.36 bits per heavy atom. The molecule has 1 amide bonds. The van der Waals surface area contributed by atoms with E-state index >= 15 is 0 Å². The summed E-state index contributed by atoms with van der Waals surface area (Å²) in [5, 5.41) is 14.3. The minimum Gasteiger partial charge on any atom is -0.481 e. The third-order valence-corrected chi connectivity index (χ3v) is 3.74. The van der Waals surface area contributed by atoms with Crippen LogP contribution in [0.25, 0.3) is 0 Å². The maximum atomic E-state index is 12.1. The fraction of sp³-hybridized carbons (Fsp3) is 0.625. The molecule has 2 rings (SSSR count). The monoisotopic (exact) mass is 352 g/mol. The van der Waals surface area contributed by atoms with Crippen LogP contribution < -0.4 is 10.1 Å². The number of methoxy groups -OCH3 is 1. The first-order valence-corrected chi connectivity index (χ1v) is 8.13. The summed E-state index contributed by atoms with van der Waals surface area (Å²) in [7, 11) is 1.46. The van der Waals surface area contributed by atoms with Crippen LogP contribution in [-0.4, -0.2) is 52.7 Å². The number of piperidine rings is 1. The second kappa shape index (κ2) is 7.54. The SMILES string of the molecule is COc1ccc([N+](=O)[O-])c(NC2CCN(C(=O)OC(C)(C)C)CC2)n1. The van der Waals surface area contributed by atoms with Crippen LogP contribution >= 0.6 is 0 Å². The van der Waals surface area contributed by atoms with Crippen LogP contribution in [0, 0.1) is 10.1 Å². The van der Waals surface area contributed by atoms with Gasteiger partial charge in [0.2, 0.25) is 11.7 Å². The molecule has 1 aromatic heterocycles. The molecule has 1 saturated heterocycles. The number of anilines is 1. The van der Waals surface area contributed by atoms with Gasteiger partial charge in [-0.15, -0.1) is 0 Å². The summed E-state index contributed by atoms with van der Waals surface area (Å²) >= 11 is 0. The average Bonchev–Trinajstić information content (AvgIpc) is 2.53. The van der Waals surface area contributed by atoms with E-state index < -0.39 is 10.5 Å². The Labute approximate surface area is 146 Å². The quantitative estimate of drug-likeness (QED) is 0.656. The van der Waals surface area contributed by atoms with Gasteiger partial charge in [0.05, 0.1) is 12.0 Å². The number of ether oxygens (including phenoxy) is 2. The number of carbonyl (C=O) groups excluding carboxylic acids is 1. The zero-order chi connectivity index (χ0) is 18.6. The van der Waals surface area contributed by atoms with E-state index in [0.29, 0.717) is 31.8 Å². The molecule has 0 spiro atoms. The lowest BCUT2D eigenvalue weighted by atomic mass is 10.1. The molecule has 2 heterocycles. The molecule has 1 N–H and O–H groups in total. The Balaban J connectivity index is 1.98. The summed E-state index contributed by atoms with van der Waals surface area (Å²) in [5.74, 6) is 0.486. The van der Waals surface area contributed by atoms with E-state index in [2.05, 4.69) is 10.3 Å². The molecule has 0 atom stereocenters. The second-order valence-electron chi connectivity index (χ2n) is 6.86. The largest absolute Gasteiger partial charge is 0.481 e. The van der Waals surface area contributed by atoms with E-state index in [-0.39, 0.29) is 23.6 Å². The van der Waals surface area contributed by atoms with Gasteiger partial charge < -0.3 is 19.7 Å².